The van der Waals surface area contributed by atoms with E-state index in [4.69, 9.17) is 0 Å². The fraction of sp³-hybridized carbons (Fsp3) is 0.467. The average Bonchev–Trinajstić information content (AvgIpc) is 2.41. The SMILES string of the molecule is Cc1cc(CC(N=C=O)(N=C=O)C(O)(O)O)c(C)c(C)c1C. The summed E-state index contributed by atoms with van der Waals surface area (Å²) in [5.74, 6) is -3.51. The third kappa shape index (κ3) is 3.20. The molecule has 0 spiro atoms. The summed E-state index contributed by atoms with van der Waals surface area (Å²) in [5, 5.41) is 28.5. The number of hydrogen-bond donors (Lipinski definition) is 3. The van der Waals surface area contributed by atoms with Crippen LogP contribution in [0.2, 0.25) is 0 Å². The van der Waals surface area contributed by atoms with E-state index in [1.165, 1.54) is 0 Å². The smallest absolute Gasteiger partial charge is 0.325 e. The second-order valence-electron chi connectivity index (χ2n) is 5.26. The quantitative estimate of drug-likeness (QED) is 0.415. The zero-order valence-corrected chi connectivity index (χ0v) is 12.8. The number of rotatable bonds is 5. The lowest BCUT2D eigenvalue weighted by Gasteiger charge is -2.31. The van der Waals surface area contributed by atoms with Crippen LogP contribution in [0.5, 0.6) is 0 Å². The Bertz CT molecular complexity index is 660. The number of nitrogens with zero attached hydrogens (tertiary/aromatic N) is 2. The van der Waals surface area contributed by atoms with Crippen molar-refractivity contribution >= 4 is 12.2 Å². The Morgan fingerprint density at radius 1 is 0.955 bits per heavy atom. The van der Waals surface area contributed by atoms with Gasteiger partial charge in [0.2, 0.25) is 12.2 Å². The third-order valence-electron chi connectivity index (χ3n) is 4.02. The molecule has 3 N–H and O–H groups in total. The summed E-state index contributed by atoms with van der Waals surface area (Å²) in [5.41, 5.74) is 1.80. The number of aliphatic hydroxyl groups is 3. The lowest BCUT2D eigenvalue weighted by Crippen LogP contribution is -2.53. The van der Waals surface area contributed by atoms with E-state index in [1.807, 2.05) is 20.8 Å². The minimum absolute atomic E-state index is 0.380. The molecule has 0 radical (unpaired) electrons. The van der Waals surface area contributed by atoms with Gasteiger partial charge in [0.05, 0.1) is 0 Å². The van der Waals surface area contributed by atoms with Gasteiger partial charge >= 0.3 is 5.97 Å². The van der Waals surface area contributed by atoms with Gasteiger partial charge in [-0.15, -0.1) is 0 Å². The molecule has 0 fully saturated rings. The van der Waals surface area contributed by atoms with Crippen molar-refractivity contribution in [3.63, 3.8) is 0 Å². The van der Waals surface area contributed by atoms with Crippen LogP contribution in [0, 0.1) is 27.7 Å². The Morgan fingerprint density at radius 3 is 1.86 bits per heavy atom. The highest BCUT2D eigenvalue weighted by molar-refractivity contribution is 5.46. The van der Waals surface area contributed by atoms with Crippen molar-refractivity contribution in [3.8, 4) is 0 Å². The van der Waals surface area contributed by atoms with Crippen LogP contribution in [-0.2, 0) is 16.0 Å². The Hall–Kier alpha value is -2.14. The second kappa shape index (κ2) is 6.32. The number of hydrogen-bond acceptors (Lipinski definition) is 7. The molecule has 0 bridgehead atoms. The van der Waals surface area contributed by atoms with Gasteiger partial charge in [-0.1, -0.05) is 6.07 Å². The van der Waals surface area contributed by atoms with Crippen LogP contribution in [0.1, 0.15) is 27.8 Å². The lowest BCUT2D eigenvalue weighted by molar-refractivity contribution is -0.346. The van der Waals surface area contributed by atoms with Crippen LogP contribution < -0.4 is 0 Å². The maximum atomic E-state index is 10.6. The van der Waals surface area contributed by atoms with Gasteiger partial charge < -0.3 is 15.3 Å². The van der Waals surface area contributed by atoms with E-state index in [-0.39, 0.29) is 6.42 Å². The molecule has 0 amide bonds. The van der Waals surface area contributed by atoms with E-state index in [0.29, 0.717) is 5.56 Å². The first-order valence-corrected chi connectivity index (χ1v) is 6.51. The lowest BCUT2D eigenvalue weighted by atomic mass is 9.88. The molecule has 1 rings (SSSR count). The first kappa shape index (κ1) is 17.9. The normalized spacial score (nSPS) is 13.8. The molecule has 0 aliphatic rings. The van der Waals surface area contributed by atoms with Crippen molar-refractivity contribution < 1.29 is 24.9 Å². The van der Waals surface area contributed by atoms with Crippen LogP contribution in [0.4, 0.5) is 0 Å². The van der Waals surface area contributed by atoms with Crippen molar-refractivity contribution in [3.05, 3.63) is 33.9 Å². The summed E-state index contributed by atoms with van der Waals surface area (Å²) in [6.45, 7) is 7.49. The number of aliphatic imine (C=N–C) groups is 2. The molecular weight excluding hydrogens is 288 g/mol. The standard InChI is InChI=1S/C15H18N2O5/c1-9-5-13(12(4)11(3)10(9)2)6-14(16-7-18,17-8-19)15(20,21)22/h5,20-22H,6H2,1-4H3. The van der Waals surface area contributed by atoms with E-state index < -0.39 is 11.6 Å². The molecule has 0 aliphatic heterocycles. The summed E-state index contributed by atoms with van der Waals surface area (Å²) in [6, 6.07) is 1.75. The Balaban J connectivity index is 3.57. The molecule has 7 heteroatoms. The van der Waals surface area contributed by atoms with Crippen molar-refractivity contribution in [2.24, 2.45) is 9.98 Å². The van der Waals surface area contributed by atoms with Crippen molar-refractivity contribution in [1.29, 1.82) is 0 Å². The Labute approximate surface area is 127 Å². The van der Waals surface area contributed by atoms with Crippen molar-refractivity contribution in [2.75, 3.05) is 0 Å². The first-order valence-electron chi connectivity index (χ1n) is 6.51. The van der Waals surface area contributed by atoms with Gasteiger partial charge in [0.1, 0.15) is 0 Å². The Kier molecular flexibility index (Phi) is 5.14. The summed E-state index contributed by atoms with van der Waals surface area (Å²) in [6.07, 6.45) is 1.83. The molecule has 118 valence electrons. The van der Waals surface area contributed by atoms with Gasteiger partial charge in [-0.05, 0) is 55.5 Å². The molecule has 0 aliphatic carbocycles. The second-order valence-corrected chi connectivity index (χ2v) is 5.26. The van der Waals surface area contributed by atoms with Gasteiger partial charge in [-0.2, -0.15) is 9.98 Å². The van der Waals surface area contributed by atoms with E-state index in [2.05, 4.69) is 9.98 Å². The van der Waals surface area contributed by atoms with Gasteiger partial charge in [-0.3, -0.25) is 0 Å². The highest BCUT2D eigenvalue weighted by atomic mass is 16.7. The predicted octanol–water partition coefficient (Wildman–Crippen LogP) is 0.461. The van der Waals surface area contributed by atoms with Crippen LogP contribution in [-0.4, -0.2) is 39.1 Å². The molecule has 0 unspecified atom stereocenters. The van der Waals surface area contributed by atoms with Crippen LogP contribution in [0.3, 0.4) is 0 Å². The molecule has 1 aromatic carbocycles. The molecule has 0 saturated heterocycles. The third-order valence-corrected chi connectivity index (χ3v) is 4.02. The van der Waals surface area contributed by atoms with Gasteiger partial charge in [0.15, 0.2) is 0 Å². The molecule has 0 saturated carbocycles. The highest BCUT2D eigenvalue weighted by Crippen LogP contribution is 2.31. The molecule has 0 aromatic heterocycles. The summed E-state index contributed by atoms with van der Waals surface area (Å²) >= 11 is 0. The minimum Gasteiger partial charge on any atom is -0.340 e. The Morgan fingerprint density at radius 2 is 1.45 bits per heavy atom. The maximum absolute atomic E-state index is 10.6. The van der Waals surface area contributed by atoms with E-state index >= 15 is 0 Å². The highest BCUT2D eigenvalue weighted by Gasteiger charge is 2.51. The molecule has 0 atom stereocenters. The van der Waals surface area contributed by atoms with Crippen LogP contribution in [0.25, 0.3) is 0 Å². The molecule has 0 heterocycles. The first-order chi connectivity index (χ1) is 10.1. The fourth-order valence-corrected chi connectivity index (χ4v) is 2.27. The average molecular weight is 306 g/mol. The summed E-state index contributed by atoms with van der Waals surface area (Å²) in [4.78, 5) is 27.5. The molecular formula is C15H18N2O5. The van der Waals surface area contributed by atoms with E-state index in [0.717, 1.165) is 34.4 Å². The summed E-state index contributed by atoms with van der Waals surface area (Å²) in [7, 11) is 0. The van der Waals surface area contributed by atoms with Crippen molar-refractivity contribution in [2.45, 2.75) is 45.8 Å². The minimum atomic E-state index is -3.51. The fourth-order valence-electron chi connectivity index (χ4n) is 2.27. The van der Waals surface area contributed by atoms with Gasteiger partial charge in [-0.25, -0.2) is 9.59 Å². The molecule has 1 aromatic rings. The monoisotopic (exact) mass is 306 g/mol. The largest absolute Gasteiger partial charge is 0.340 e. The van der Waals surface area contributed by atoms with Crippen LogP contribution in [0.15, 0.2) is 16.1 Å². The predicted molar refractivity (Wildman–Crippen MR) is 77.5 cm³/mol. The topological polar surface area (TPSA) is 120 Å². The summed E-state index contributed by atoms with van der Waals surface area (Å²) < 4.78 is 0. The van der Waals surface area contributed by atoms with Crippen molar-refractivity contribution in [1.82, 2.24) is 0 Å². The molecule has 22 heavy (non-hydrogen) atoms. The zero-order valence-electron chi connectivity index (χ0n) is 12.8. The number of isocyanates is 2. The number of benzene rings is 1. The van der Waals surface area contributed by atoms with E-state index in [9.17, 15) is 24.9 Å². The van der Waals surface area contributed by atoms with Crippen LogP contribution >= 0.6 is 0 Å². The maximum Gasteiger partial charge on any atom is 0.325 e. The molecule has 7 nitrogen and oxygen atoms in total. The number of aryl methyl sites for hydroxylation is 1. The number of carbonyl (C=O) groups excluding carboxylic acids is 2. The van der Waals surface area contributed by atoms with Gasteiger partial charge in [0.25, 0.3) is 5.66 Å². The zero-order chi connectivity index (χ0) is 17.1. The van der Waals surface area contributed by atoms with Gasteiger partial charge in [0, 0.05) is 6.42 Å². The van der Waals surface area contributed by atoms with E-state index in [1.54, 1.807) is 13.0 Å².